The first-order chi connectivity index (χ1) is 26.4. The summed E-state index contributed by atoms with van der Waals surface area (Å²) >= 11 is 1.86. The van der Waals surface area contributed by atoms with Gasteiger partial charge < -0.3 is 15.5 Å². The van der Waals surface area contributed by atoms with Gasteiger partial charge in [0.15, 0.2) is 0 Å². The minimum Gasteiger partial charge on any atom is -0.480 e. The molecule has 0 saturated heterocycles. The molecule has 54 heavy (non-hydrogen) atoms. The van der Waals surface area contributed by atoms with Crippen molar-refractivity contribution in [3.63, 3.8) is 0 Å². The maximum absolute atomic E-state index is 12.8. The highest BCUT2D eigenvalue weighted by Crippen LogP contribution is 2.48. The van der Waals surface area contributed by atoms with Gasteiger partial charge in [0.1, 0.15) is 0 Å². The van der Waals surface area contributed by atoms with Gasteiger partial charge in [-0.1, -0.05) is 152 Å². The van der Waals surface area contributed by atoms with Gasteiger partial charge in [0.25, 0.3) is 0 Å². The Morgan fingerprint density at radius 2 is 1.30 bits per heavy atom. The number of aliphatic hydroxyl groups excluding tert-OH is 1. The Kier molecular flexibility index (Phi) is 13.4. The molecule has 0 aliphatic carbocycles. The molecule has 0 spiro atoms. The molecule has 1 aromatic heterocycles. The lowest BCUT2D eigenvalue weighted by Crippen LogP contribution is -2.30. The zero-order valence-electron chi connectivity index (χ0n) is 30.1. The van der Waals surface area contributed by atoms with Gasteiger partial charge in [-0.25, -0.2) is 0 Å². The van der Waals surface area contributed by atoms with E-state index in [1.807, 2.05) is 102 Å². The van der Waals surface area contributed by atoms with Crippen LogP contribution in [0.3, 0.4) is 0 Å². The van der Waals surface area contributed by atoms with Crippen molar-refractivity contribution < 1.29 is 19.8 Å². The topological polar surface area (TPSA) is 103 Å². The van der Waals surface area contributed by atoms with Gasteiger partial charge in [-0.05, 0) is 57.3 Å². The van der Waals surface area contributed by atoms with E-state index in [4.69, 9.17) is 4.98 Å². The van der Waals surface area contributed by atoms with Crippen molar-refractivity contribution in [2.24, 2.45) is 0 Å². The molecule has 274 valence electrons. The second-order valence-corrected chi connectivity index (χ2v) is 14.5. The molecule has 0 unspecified atom stereocenters. The number of aliphatic carboxylic acids is 1. The number of rotatable bonds is 18. The molecule has 0 fully saturated rings. The summed E-state index contributed by atoms with van der Waals surface area (Å²) in [5.41, 5.74) is 6.01. The second-order valence-electron chi connectivity index (χ2n) is 13.2. The van der Waals surface area contributed by atoms with Crippen LogP contribution in [0.25, 0.3) is 10.8 Å². The van der Waals surface area contributed by atoms with Crippen molar-refractivity contribution in [2.75, 3.05) is 12.3 Å². The fraction of sp³-hybridized carbons (Fsp3) is 0.196. The number of carbonyl (C=O) groups excluding carboxylic acids is 1. The first-order valence-electron chi connectivity index (χ1n) is 18.2. The predicted molar refractivity (Wildman–Crippen MR) is 218 cm³/mol. The van der Waals surface area contributed by atoms with E-state index in [1.54, 1.807) is 6.08 Å². The zero-order valence-corrected chi connectivity index (χ0v) is 30.9. The summed E-state index contributed by atoms with van der Waals surface area (Å²) in [7, 11) is 0. The van der Waals surface area contributed by atoms with Gasteiger partial charge in [0.2, 0.25) is 5.91 Å². The molecule has 1 heterocycles. The van der Waals surface area contributed by atoms with Gasteiger partial charge in [-0.15, -0.1) is 11.8 Å². The van der Waals surface area contributed by atoms with Gasteiger partial charge in [-0.3, -0.25) is 19.5 Å². The second kappa shape index (κ2) is 19.0. The molecule has 7 nitrogen and oxygen atoms in total. The summed E-state index contributed by atoms with van der Waals surface area (Å²) < 4.78 is -0.410. The molecule has 0 aliphatic rings. The molecule has 6 aromatic rings. The SMILES string of the molecule is O=C(O)CN(Cc1cccc(CNC(=O)C[C@H](O)C=CCCSC(c2ccccc2)(c2ccccc2)c2ccccc2)n1)Cc1cccc2ccccc12. The largest absolute Gasteiger partial charge is 0.480 e. The molecule has 0 saturated carbocycles. The molecule has 5 aromatic carbocycles. The Morgan fingerprint density at radius 1 is 0.722 bits per heavy atom. The van der Waals surface area contributed by atoms with Gasteiger partial charge in [0.05, 0.1) is 41.7 Å². The number of aliphatic hydroxyl groups is 1. The van der Waals surface area contributed by atoms with Gasteiger partial charge in [0, 0.05) is 13.1 Å². The van der Waals surface area contributed by atoms with E-state index < -0.39 is 16.8 Å². The first kappa shape index (κ1) is 38.2. The number of pyridine rings is 1. The highest BCUT2D eigenvalue weighted by molar-refractivity contribution is 8.00. The number of thioether (sulfide) groups is 1. The number of carboxylic acids is 1. The lowest BCUT2D eigenvalue weighted by Gasteiger charge is -2.35. The quantitative estimate of drug-likeness (QED) is 0.0463. The van der Waals surface area contributed by atoms with Crippen molar-refractivity contribution in [1.29, 1.82) is 0 Å². The van der Waals surface area contributed by atoms with Crippen LogP contribution in [-0.4, -0.2) is 50.4 Å². The normalized spacial score (nSPS) is 12.3. The highest BCUT2D eigenvalue weighted by atomic mass is 32.2. The van der Waals surface area contributed by atoms with E-state index in [9.17, 15) is 19.8 Å². The van der Waals surface area contributed by atoms with Crippen LogP contribution in [0.5, 0.6) is 0 Å². The summed E-state index contributed by atoms with van der Waals surface area (Å²) in [5.74, 6) is -0.403. The average molecular weight is 736 g/mol. The highest BCUT2D eigenvalue weighted by Gasteiger charge is 2.36. The molecular formula is C46H45N3O4S. The maximum atomic E-state index is 12.8. The van der Waals surface area contributed by atoms with Crippen LogP contribution >= 0.6 is 11.8 Å². The monoisotopic (exact) mass is 735 g/mol. The lowest BCUT2D eigenvalue weighted by atomic mass is 9.84. The number of benzene rings is 5. The molecular weight excluding hydrogens is 691 g/mol. The van der Waals surface area contributed by atoms with E-state index in [0.29, 0.717) is 30.9 Å². The summed E-state index contributed by atoms with van der Waals surface area (Å²) in [6.45, 7) is 0.850. The van der Waals surface area contributed by atoms with Crippen LogP contribution in [-0.2, 0) is 34.0 Å². The van der Waals surface area contributed by atoms with Gasteiger partial charge in [-0.2, -0.15) is 0 Å². The Balaban J connectivity index is 1.02. The number of allylic oxidation sites excluding steroid dienone is 1. The molecule has 1 amide bonds. The number of hydrogen-bond acceptors (Lipinski definition) is 6. The number of carboxylic acid groups (broad SMARTS) is 1. The number of nitrogens with one attached hydrogen (secondary N) is 1. The average Bonchev–Trinajstić information content (AvgIpc) is 3.19. The summed E-state index contributed by atoms with van der Waals surface area (Å²) in [6, 6.07) is 51.3. The Morgan fingerprint density at radius 3 is 1.94 bits per heavy atom. The molecule has 0 bridgehead atoms. The van der Waals surface area contributed by atoms with Crippen LogP contribution in [0.4, 0.5) is 0 Å². The van der Waals surface area contributed by atoms with Crippen LogP contribution in [0.1, 0.15) is 46.5 Å². The number of carbonyl (C=O) groups is 2. The Hall–Kier alpha value is -5.54. The first-order valence-corrected chi connectivity index (χ1v) is 19.2. The maximum Gasteiger partial charge on any atom is 0.317 e. The van der Waals surface area contributed by atoms with Crippen molar-refractivity contribution in [2.45, 2.75) is 43.3 Å². The van der Waals surface area contributed by atoms with Crippen LogP contribution < -0.4 is 5.32 Å². The van der Waals surface area contributed by atoms with Crippen LogP contribution in [0.15, 0.2) is 164 Å². The number of fused-ring (bicyclic) bond motifs is 1. The number of amides is 1. The molecule has 8 heteroatoms. The fourth-order valence-electron chi connectivity index (χ4n) is 6.80. The van der Waals surface area contributed by atoms with Crippen molar-refractivity contribution >= 4 is 34.4 Å². The fourth-order valence-corrected chi connectivity index (χ4v) is 8.26. The molecule has 3 N–H and O–H groups in total. The van der Waals surface area contributed by atoms with Gasteiger partial charge >= 0.3 is 5.97 Å². The minimum atomic E-state index is -0.921. The van der Waals surface area contributed by atoms with Crippen molar-refractivity contribution in [3.05, 3.63) is 197 Å². The van der Waals surface area contributed by atoms with Crippen LogP contribution in [0.2, 0.25) is 0 Å². The third kappa shape index (κ3) is 10.1. The van der Waals surface area contributed by atoms with Crippen LogP contribution in [0, 0.1) is 0 Å². The van der Waals surface area contributed by atoms with Crippen molar-refractivity contribution in [1.82, 2.24) is 15.2 Å². The predicted octanol–water partition coefficient (Wildman–Crippen LogP) is 8.36. The molecule has 0 radical (unpaired) electrons. The molecule has 1 atom stereocenters. The Bertz CT molecular complexity index is 2040. The molecule has 0 aliphatic heterocycles. The summed E-state index contributed by atoms with van der Waals surface area (Å²) in [6.07, 6.45) is 3.37. The Labute approximate surface area is 321 Å². The third-order valence-corrected chi connectivity index (χ3v) is 10.8. The standard InChI is InChI=1S/C46H45N3O4S/c50-42(27-12-13-29-54-46(37-19-4-1-5-20-37,38-21-6-2-7-22-38)39-23-8-3-9-24-39)30-44(51)47-31-40-25-15-26-41(48-40)33-49(34-45(52)53)32-36-18-14-17-35-16-10-11-28-43(35)36/h1-12,14-28,42,50H,13,29-34H2,(H,47,51)(H,52,53)/t42-/m1/s1. The van der Waals surface area contributed by atoms with E-state index in [-0.39, 0.29) is 25.4 Å². The zero-order chi connectivity index (χ0) is 37.6. The van der Waals surface area contributed by atoms with Crippen molar-refractivity contribution in [3.8, 4) is 0 Å². The number of hydrogen-bond donors (Lipinski definition) is 3. The van der Waals surface area contributed by atoms with E-state index in [1.165, 1.54) is 16.7 Å². The van der Waals surface area contributed by atoms with E-state index in [2.05, 4.69) is 78.1 Å². The smallest absolute Gasteiger partial charge is 0.317 e. The number of aromatic nitrogens is 1. The lowest BCUT2D eigenvalue weighted by molar-refractivity contribution is -0.138. The number of nitrogens with zero attached hydrogens (tertiary/aromatic N) is 2. The molecule has 6 rings (SSSR count). The van der Waals surface area contributed by atoms with E-state index >= 15 is 0 Å². The third-order valence-electron chi connectivity index (χ3n) is 9.25. The van der Waals surface area contributed by atoms with E-state index in [0.717, 1.165) is 22.1 Å². The summed E-state index contributed by atoms with van der Waals surface area (Å²) in [5, 5.41) is 25.4. The minimum absolute atomic E-state index is 0.0667. The summed E-state index contributed by atoms with van der Waals surface area (Å²) in [4.78, 5) is 31.1.